The molecule has 0 amide bonds. The molecule has 136 valence electrons. The van der Waals surface area contributed by atoms with Gasteiger partial charge in [0.1, 0.15) is 24.9 Å². The van der Waals surface area contributed by atoms with E-state index in [9.17, 15) is 13.2 Å². The summed E-state index contributed by atoms with van der Waals surface area (Å²) < 4.78 is 49.5. The van der Waals surface area contributed by atoms with Crippen molar-refractivity contribution in [2.24, 2.45) is 0 Å². The Bertz CT molecular complexity index is 727. The van der Waals surface area contributed by atoms with Crippen LogP contribution in [0.15, 0.2) is 30.9 Å². The first-order valence-corrected chi connectivity index (χ1v) is 8.17. The van der Waals surface area contributed by atoms with Gasteiger partial charge in [-0.2, -0.15) is 18.3 Å². The first-order chi connectivity index (χ1) is 11.8. The summed E-state index contributed by atoms with van der Waals surface area (Å²) in [5.74, 6) is 0. The van der Waals surface area contributed by atoms with Gasteiger partial charge in [-0.25, -0.2) is 9.67 Å². The fraction of sp³-hybridized carbons (Fsp3) is 0.467. The molecular formula is C15H14Cl2F3N3O2. The number of rotatable bonds is 5. The summed E-state index contributed by atoms with van der Waals surface area (Å²) in [6.07, 6.45) is -1.83. The molecular weight excluding hydrogens is 394 g/mol. The fourth-order valence-electron chi connectivity index (χ4n) is 2.86. The maximum Gasteiger partial charge on any atom is 0.411 e. The molecule has 1 aliphatic rings. The quantitative estimate of drug-likeness (QED) is 0.745. The maximum absolute atomic E-state index is 12.4. The average Bonchev–Trinajstić information content (AvgIpc) is 3.15. The Balaban J connectivity index is 1.86. The molecule has 0 saturated carbocycles. The van der Waals surface area contributed by atoms with Crippen molar-refractivity contribution in [3.63, 3.8) is 0 Å². The van der Waals surface area contributed by atoms with Gasteiger partial charge >= 0.3 is 6.18 Å². The van der Waals surface area contributed by atoms with E-state index in [0.717, 1.165) is 0 Å². The fourth-order valence-corrected chi connectivity index (χ4v) is 3.44. The third-order valence-corrected chi connectivity index (χ3v) is 4.43. The highest BCUT2D eigenvalue weighted by atomic mass is 35.5. The van der Waals surface area contributed by atoms with Gasteiger partial charge in [0.2, 0.25) is 0 Å². The Labute approximate surface area is 151 Å². The van der Waals surface area contributed by atoms with Crippen LogP contribution in [0.1, 0.15) is 18.4 Å². The van der Waals surface area contributed by atoms with Crippen LogP contribution in [-0.2, 0) is 21.6 Å². The minimum atomic E-state index is -4.42. The molecule has 0 radical (unpaired) electrons. The highest BCUT2D eigenvalue weighted by molar-refractivity contribution is 6.35. The third kappa shape index (κ3) is 4.44. The Morgan fingerprint density at radius 3 is 2.84 bits per heavy atom. The van der Waals surface area contributed by atoms with Crippen molar-refractivity contribution in [2.45, 2.75) is 37.5 Å². The number of hydrogen-bond acceptors (Lipinski definition) is 4. The summed E-state index contributed by atoms with van der Waals surface area (Å²) in [7, 11) is 0. The number of ether oxygens (including phenoxy) is 2. The summed E-state index contributed by atoms with van der Waals surface area (Å²) >= 11 is 12.2. The minimum Gasteiger partial charge on any atom is -0.343 e. The number of aromatic nitrogens is 3. The van der Waals surface area contributed by atoms with Gasteiger partial charge in [0, 0.05) is 22.0 Å². The van der Waals surface area contributed by atoms with Crippen molar-refractivity contribution < 1.29 is 22.6 Å². The lowest BCUT2D eigenvalue weighted by molar-refractivity contribution is -0.239. The van der Waals surface area contributed by atoms with E-state index in [2.05, 4.69) is 10.1 Å². The molecule has 5 nitrogen and oxygen atoms in total. The molecule has 2 heterocycles. The zero-order valence-corrected chi connectivity index (χ0v) is 14.4. The molecule has 1 aliphatic heterocycles. The standard InChI is InChI=1S/C15H14Cl2F3N3O2/c16-10-1-2-11(12(17)5-10)14(6-23-9-21-8-22-23)4-3-13(25-14)24-7-15(18,19)20/h1-2,5,8-9,13H,3-4,6-7H2/i1+2,2+2,5+2,10+2,11+2,12+2. The van der Waals surface area contributed by atoms with Crippen LogP contribution < -0.4 is 0 Å². The molecule has 2 aromatic rings. The summed E-state index contributed by atoms with van der Waals surface area (Å²) in [5, 5.41) is 4.86. The van der Waals surface area contributed by atoms with Gasteiger partial charge < -0.3 is 9.47 Å². The lowest BCUT2D eigenvalue weighted by Gasteiger charge is -2.30. The third-order valence-electron chi connectivity index (χ3n) is 3.88. The largest absolute Gasteiger partial charge is 0.411 e. The molecule has 0 aliphatic carbocycles. The number of alkyl halides is 3. The van der Waals surface area contributed by atoms with E-state index < -0.39 is 24.7 Å². The summed E-state index contributed by atoms with van der Waals surface area (Å²) in [6, 6.07) is 4.92. The van der Waals surface area contributed by atoms with Crippen molar-refractivity contribution in [1.29, 1.82) is 0 Å². The van der Waals surface area contributed by atoms with Crippen LogP contribution in [0.3, 0.4) is 0 Å². The predicted molar refractivity (Wildman–Crippen MR) is 84.3 cm³/mol. The van der Waals surface area contributed by atoms with Gasteiger partial charge in [0.25, 0.3) is 0 Å². The topological polar surface area (TPSA) is 49.2 Å². The van der Waals surface area contributed by atoms with Crippen LogP contribution in [0.5, 0.6) is 0 Å². The lowest BCUT2D eigenvalue weighted by Crippen LogP contribution is -2.34. The number of halogens is 5. The van der Waals surface area contributed by atoms with Gasteiger partial charge in [0.15, 0.2) is 6.29 Å². The zero-order chi connectivity index (χ0) is 18.1. The van der Waals surface area contributed by atoms with Crippen molar-refractivity contribution in [2.75, 3.05) is 6.61 Å². The Hall–Kier alpha value is -1.35. The summed E-state index contributed by atoms with van der Waals surface area (Å²) in [6.45, 7) is -1.13. The average molecular weight is 408 g/mol. The van der Waals surface area contributed by atoms with Crippen LogP contribution in [-0.4, -0.2) is 33.8 Å². The van der Waals surface area contributed by atoms with E-state index in [1.807, 2.05) is 0 Å². The summed E-state index contributed by atoms with van der Waals surface area (Å²) in [5.41, 5.74) is -0.363. The van der Waals surface area contributed by atoms with Crippen molar-refractivity contribution in [3.8, 4) is 0 Å². The molecule has 0 spiro atoms. The normalized spacial score (nSPS) is 24.0. The second kappa shape index (κ2) is 7.11. The molecule has 2 unspecified atom stereocenters. The number of nitrogens with zero attached hydrogens (tertiary/aromatic N) is 3. The molecule has 1 saturated heterocycles. The van der Waals surface area contributed by atoms with Crippen LogP contribution >= 0.6 is 23.2 Å². The highest BCUT2D eigenvalue weighted by Gasteiger charge is 2.45. The zero-order valence-electron chi connectivity index (χ0n) is 12.8. The van der Waals surface area contributed by atoms with Crippen molar-refractivity contribution in [1.82, 2.24) is 14.8 Å². The highest BCUT2D eigenvalue weighted by Crippen LogP contribution is 2.44. The van der Waals surface area contributed by atoms with E-state index in [-0.39, 0.29) is 6.54 Å². The molecule has 1 aromatic carbocycles. The Morgan fingerprint density at radius 2 is 2.20 bits per heavy atom. The first-order valence-electron chi connectivity index (χ1n) is 7.42. The van der Waals surface area contributed by atoms with Crippen molar-refractivity contribution >= 4 is 23.2 Å². The minimum absolute atomic E-state index is 0.236. The Morgan fingerprint density at radius 1 is 1.40 bits per heavy atom. The van der Waals surface area contributed by atoms with Crippen LogP contribution in [0, 0.1) is 0 Å². The molecule has 0 N–H and O–H groups in total. The van der Waals surface area contributed by atoms with Gasteiger partial charge in [-0.3, -0.25) is 0 Å². The second-order valence-electron chi connectivity index (χ2n) is 5.72. The molecule has 3 rings (SSSR count). The van der Waals surface area contributed by atoms with Gasteiger partial charge in [0.05, 0.1) is 6.54 Å². The van der Waals surface area contributed by atoms with E-state index in [0.29, 0.717) is 28.5 Å². The molecule has 0 bridgehead atoms. The SMILES string of the molecule is FC(F)(F)COC1CCC(Cn2cncn2)([14c]2[14cH][14cH][14c](Cl)[14cH][14c]2Cl)O1. The van der Waals surface area contributed by atoms with Gasteiger partial charge in [-0.15, -0.1) is 0 Å². The molecule has 2 atom stereocenters. The van der Waals surface area contributed by atoms with Gasteiger partial charge in [-0.1, -0.05) is 29.3 Å². The van der Waals surface area contributed by atoms with E-state index in [1.165, 1.54) is 17.3 Å². The van der Waals surface area contributed by atoms with Crippen LogP contribution in [0.25, 0.3) is 0 Å². The van der Waals surface area contributed by atoms with E-state index in [4.69, 9.17) is 32.7 Å². The lowest BCUT2D eigenvalue weighted by atomic mass is 10.1. The Kier molecular flexibility index (Phi) is 5.24. The van der Waals surface area contributed by atoms with Crippen molar-refractivity contribution in [3.05, 3.63) is 46.5 Å². The number of hydrogen-bond donors (Lipinski definition) is 0. The van der Waals surface area contributed by atoms with Gasteiger partial charge in [-0.05, 0) is 18.6 Å². The molecule has 10 heteroatoms. The van der Waals surface area contributed by atoms with Crippen LogP contribution in [0.4, 0.5) is 13.2 Å². The maximum atomic E-state index is 12.4. The van der Waals surface area contributed by atoms with E-state index >= 15 is 0 Å². The second-order valence-corrected chi connectivity index (χ2v) is 6.57. The predicted octanol–water partition coefficient (Wildman–Crippen LogP) is 4.20. The summed E-state index contributed by atoms with van der Waals surface area (Å²) in [4.78, 5) is 3.88. The van der Waals surface area contributed by atoms with Crippen LogP contribution in [0.2, 0.25) is 10.0 Å². The molecule has 1 aromatic heterocycles. The molecule has 25 heavy (non-hydrogen) atoms. The first kappa shape index (κ1) is 18.4. The van der Waals surface area contributed by atoms with E-state index in [1.54, 1.807) is 18.2 Å². The molecule has 1 fully saturated rings. The number of benzene rings is 1. The monoisotopic (exact) mass is 407 g/mol. The smallest absolute Gasteiger partial charge is 0.343 e.